The minimum Gasteiger partial charge on any atom is -0.465 e. The Balaban J connectivity index is 2.30. The second kappa shape index (κ2) is 6.17. The van der Waals surface area contributed by atoms with Gasteiger partial charge < -0.3 is 10.1 Å². The van der Waals surface area contributed by atoms with Crippen molar-refractivity contribution < 1.29 is 18.7 Å². The molecule has 0 aromatic heterocycles. The van der Waals surface area contributed by atoms with Gasteiger partial charge in [0.1, 0.15) is 5.82 Å². The standard InChI is InChI=1S/C16H14FNO3/c1-10-7-11(9-12(17)8-10)15(19)18-14-6-4-3-5-13(14)16(20)21-2/h3-9H,1-2H3,(H,18,19). The SMILES string of the molecule is COC(=O)c1ccccc1NC(=O)c1cc(C)cc(F)c1. The average molecular weight is 287 g/mol. The fourth-order valence-electron chi connectivity index (χ4n) is 1.94. The number of hydrogen-bond donors (Lipinski definition) is 1. The maximum Gasteiger partial charge on any atom is 0.339 e. The van der Waals surface area contributed by atoms with E-state index in [1.165, 1.54) is 19.2 Å². The molecular weight excluding hydrogens is 273 g/mol. The Morgan fingerprint density at radius 3 is 2.52 bits per heavy atom. The molecule has 1 amide bonds. The van der Waals surface area contributed by atoms with Crippen LogP contribution in [0.25, 0.3) is 0 Å². The first-order chi connectivity index (χ1) is 10.0. The van der Waals surface area contributed by atoms with Crippen LogP contribution < -0.4 is 5.32 Å². The van der Waals surface area contributed by atoms with Crippen LogP contribution in [0.5, 0.6) is 0 Å². The van der Waals surface area contributed by atoms with Gasteiger partial charge >= 0.3 is 5.97 Å². The van der Waals surface area contributed by atoms with E-state index in [4.69, 9.17) is 0 Å². The van der Waals surface area contributed by atoms with Crippen LogP contribution >= 0.6 is 0 Å². The number of hydrogen-bond acceptors (Lipinski definition) is 3. The summed E-state index contributed by atoms with van der Waals surface area (Å²) in [4.78, 5) is 23.8. The number of amides is 1. The molecule has 108 valence electrons. The van der Waals surface area contributed by atoms with Gasteiger partial charge in [-0.2, -0.15) is 0 Å². The Kier molecular flexibility index (Phi) is 4.33. The first-order valence-corrected chi connectivity index (χ1v) is 6.27. The summed E-state index contributed by atoms with van der Waals surface area (Å²) < 4.78 is 18.0. The van der Waals surface area contributed by atoms with E-state index in [1.807, 2.05) is 0 Å². The van der Waals surface area contributed by atoms with E-state index < -0.39 is 17.7 Å². The van der Waals surface area contributed by atoms with E-state index in [0.717, 1.165) is 6.07 Å². The predicted molar refractivity (Wildman–Crippen MR) is 76.9 cm³/mol. The molecule has 0 saturated carbocycles. The molecular formula is C16H14FNO3. The quantitative estimate of drug-likeness (QED) is 0.882. The van der Waals surface area contributed by atoms with Crippen molar-refractivity contribution in [2.45, 2.75) is 6.92 Å². The highest BCUT2D eigenvalue weighted by Gasteiger charge is 2.14. The monoisotopic (exact) mass is 287 g/mol. The molecule has 0 aliphatic heterocycles. The van der Waals surface area contributed by atoms with Crippen molar-refractivity contribution in [2.75, 3.05) is 12.4 Å². The van der Waals surface area contributed by atoms with E-state index >= 15 is 0 Å². The van der Waals surface area contributed by atoms with Gasteiger partial charge in [0.05, 0.1) is 18.4 Å². The second-order valence-corrected chi connectivity index (χ2v) is 4.51. The van der Waals surface area contributed by atoms with Crippen molar-refractivity contribution in [1.82, 2.24) is 0 Å². The van der Waals surface area contributed by atoms with Crippen LogP contribution in [-0.4, -0.2) is 19.0 Å². The zero-order chi connectivity index (χ0) is 15.4. The molecule has 0 heterocycles. The van der Waals surface area contributed by atoms with Gasteiger partial charge in [0.25, 0.3) is 5.91 Å². The molecule has 0 aliphatic carbocycles. The molecule has 1 N–H and O–H groups in total. The normalized spacial score (nSPS) is 10.0. The van der Waals surface area contributed by atoms with Crippen LogP contribution in [0, 0.1) is 12.7 Å². The first-order valence-electron chi connectivity index (χ1n) is 6.27. The number of anilines is 1. The molecule has 0 bridgehead atoms. The second-order valence-electron chi connectivity index (χ2n) is 4.51. The van der Waals surface area contributed by atoms with Crippen molar-refractivity contribution >= 4 is 17.6 Å². The Bertz CT molecular complexity index is 677. The first kappa shape index (κ1) is 14.7. The van der Waals surface area contributed by atoms with Gasteiger partial charge in [-0.05, 0) is 42.8 Å². The van der Waals surface area contributed by atoms with E-state index in [0.29, 0.717) is 11.3 Å². The number of benzene rings is 2. The summed E-state index contributed by atoms with van der Waals surface area (Å²) in [6.07, 6.45) is 0. The Labute approximate surface area is 121 Å². The minimum atomic E-state index is -0.554. The summed E-state index contributed by atoms with van der Waals surface area (Å²) >= 11 is 0. The lowest BCUT2D eigenvalue weighted by molar-refractivity contribution is 0.0602. The average Bonchev–Trinajstić information content (AvgIpc) is 2.46. The largest absolute Gasteiger partial charge is 0.465 e. The minimum absolute atomic E-state index is 0.187. The van der Waals surface area contributed by atoms with E-state index in [2.05, 4.69) is 10.1 Å². The number of ether oxygens (including phenoxy) is 1. The van der Waals surface area contributed by atoms with Gasteiger partial charge in [-0.15, -0.1) is 0 Å². The molecule has 0 spiro atoms. The number of aryl methyl sites for hydroxylation is 1. The van der Waals surface area contributed by atoms with Crippen molar-refractivity contribution in [1.29, 1.82) is 0 Å². The van der Waals surface area contributed by atoms with Crippen LogP contribution in [0.1, 0.15) is 26.3 Å². The highest BCUT2D eigenvalue weighted by atomic mass is 19.1. The number of methoxy groups -OCH3 is 1. The number of carbonyl (C=O) groups is 2. The molecule has 0 aliphatic rings. The number of halogens is 1. The molecule has 2 rings (SSSR count). The third-order valence-corrected chi connectivity index (χ3v) is 2.88. The molecule has 0 atom stereocenters. The smallest absolute Gasteiger partial charge is 0.339 e. The number of nitrogens with one attached hydrogen (secondary N) is 1. The predicted octanol–water partition coefficient (Wildman–Crippen LogP) is 3.17. The Morgan fingerprint density at radius 1 is 1.14 bits per heavy atom. The summed E-state index contributed by atoms with van der Waals surface area (Å²) in [5.74, 6) is -1.53. The Hall–Kier alpha value is -2.69. The molecule has 0 saturated heterocycles. The fraction of sp³-hybridized carbons (Fsp3) is 0.125. The van der Waals surface area contributed by atoms with Gasteiger partial charge in [-0.3, -0.25) is 4.79 Å². The summed E-state index contributed by atoms with van der Waals surface area (Å²) in [5.41, 5.74) is 1.38. The lowest BCUT2D eigenvalue weighted by atomic mass is 10.1. The summed E-state index contributed by atoms with van der Waals surface area (Å²) in [6.45, 7) is 1.70. The van der Waals surface area contributed by atoms with E-state index in [-0.39, 0.29) is 11.1 Å². The zero-order valence-corrected chi connectivity index (χ0v) is 11.6. The zero-order valence-electron chi connectivity index (χ0n) is 11.6. The highest BCUT2D eigenvalue weighted by Crippen LogP contribution is 2.18. The van der Waals surface area contributed by atoms with Gasteiger partial charge in [-0.25, -0.2) is 9.18 Å². The van der Waals surface area contributed by atoms with Gasteiger partial charge in [0.2, 0.25) is 0 Å². The molecule has 0 radical (unpaired) electrons. The summed E-state index contributed by atoms with van der Waals surface area (Å²) in [7, 11) is 1.26. The lowest BCUT2D eigenvalue weighted by Gasteiger charge is -2.10. The van der Waals surface area contributed by atoms with Gasteiger partial charge in [0.15, 0.2) is 0 Å². The molecule has 0 fully saturated rings. The third kappa shape index (κ3) is 3.45. The van der Waals surface area contributed by atoms with Crippen molar-refractivity contribution in [3.63, 3.8) is 0 Å². The molecule has 5 heteroatoms. The molecule has 2 aromatic rings. The highest BCUT2D eigenvalue weighted by molar-refractivity contribution is 6.08. The number of carbonyl (C=O) groups excluding carboxylic acids is 2. The lowest BCUT2D eigenvalue weighted by Crippen LogP contribution is -2.15. The number of rotatable bonds is 3. The van der Waals surface area contributed by atoms with Crippen LogP contribution in [0.4, 0.5) is 10.1 Å². The molecule has 21 heavy (non-hydrogen) atoms. The van der Waals surface area contributed by atoms with Crippen molar-refractivity contribution in [3.8, 4) is 0 Å². The van der Waals surface area contributed by atoms with Crippen LogP contribution in [0.15, 0.2) is 42.5 Å². The molecule has 2 aromatic carbocycles. The van der Waals surface area contributed by atoms with E-state index in [1.54, 1.807) is 31.2 Å². The number of esters is 1. The van der Waals surface area contributed by atoms with Crippen molar-refractivity contribution in [3.05, 3.63) is 65.0 Å². The molecule has 4 nitrogen and oxygen atoms in total. The number of para-hydroxylation sites is 1. The van der Waals surface area contributed by atoms with Gasteiger partial charge in [-0.1, -0.05) is 12.1 Å². The van der Waals surface area contributed by atoms with Crippen molar-refractivity contribution in [2.24, 2.45) is 0 Å². The van der Waals surface area contributed by atoms with Crippen LogP contribution in [-0.2, 0) is 4.74 Å². The third-order valence-electron chi connectivity index (χ3n) is 2.88. The maximum absolute atomic E-state index is 13.3. The molecule has 0 unspecified atom stereocenters. The Morgan fingerprint density at radius 2 is 1.86 bits per heavy atom. The van der Waals surface area contributed by atoms with Gasteiger partial charge in [0, 0.05) is 5.56 Å². The van der Waals surface area contributed by atoms with Crippen LogP contribution in [0.3, 0.4) is 0 Å². The summed E-state index contributed by atoms with van der Waals surface area (Å²) in [5, 5.41) is 2.59. The maximum atomic E-state index is 13.3. The summed E-state index contributed by atoms with van der Waals surface area (Å²) in [6, 6.07) is 10.5. The fourth-order valence-corrected chi connectivity index (χ4v) is 1.94. The van der Waals surface area contributed by atoms with E-state index in [9.17, 15) is 14.0 Å². The topological polar surface area (TPSA) is 55.4 Å². The van der Waals surface area contributed by atoms with Crippen LogP contribution in [0.2, 0.25) is 0 Å².